The van der Waals surface area contributed by atoms with Crippen LogP contribution in [0, 0.1) is 0 Å². The van der Waals surface area contributed by atoms with Crippen molar-refractivity contribution in [2.45, 2.75) is 19.8 Å². The molecule has 0 aromatic rings. The second kappa shape index (κ2) is 16.7. The summed E-state index contributed by atoms with van der Waals surface area (Å²) in [5.74, 6) is 0. The van der Waals surface area contributed by atoms with Gasteiger partial charge in [0, 0.05) is 6.61 Å². The minimum absolute atomic E-state index is 0.344. The van der Waals surface area contributed by atoms with Crippen molar-refractivity contribution >= 4 is 8.05 Å². The molecular formula is C4H13BO2. The van der Waals surface area contributed by atoms with Crippen LogP contribution < -0.4 is 0 Å². The van der Waals surface area contributed by atoms with E-state index in [1.54, 1.807) is 0 Å². The lowest BCUT2D eigenvalue weighted by Gasteiger charge is -1.79. The van der Waals surface area contributed by atoms with Gasteiger partial charge in [-0.3, -0.25) is 0 Å². The van der Waals surface area contributed by atoms with Crippen molar-refractivity contribution in [3.8, 4) is 0 Å². The zero-order valence-electron chi connectivity index (χ0n) is 5.02. The minimum atomic E-state index is 0.344. The maximum atomic E-state index is 8.07. The highest BCUT2D eigenvalue weighted by Gasteiger charge is 1.69. The third kappa shape index (κ3) is 24.1. The predicted octanol–water partition coefficient (Wildman–Crippen LogP) is -0.694. The number of hydrogen-bond acceptors (Lipinski definition) is 2. The largest absolute Gasteiger partial charge is 0.458 e. The number of hydrogen-bond donors (Lipinski definition) is 2. The standard InChI is InChI=1S/C4H10O.BH3O/c1-2-3-4-5;1-2/h5H,2-4H2,1H3;2H,1H2. The van der Waals surface area contributed by atoms with Crippen LogP contribution in [0.3, 0.4) is 0 Å². The fourth-order valence-corrected chi connectivity index (χ4v) is 0.158. The second-order valence-electron chi connectivity index (χ2n) is 1.08. The lowest BCUT2D eigenvalue weighted by molar-refractivity contribution is 0.287. The summed E-state index contributed by atoms with van der Waals surface area (Å²) in [7, 11) is 1.00. The van der Waals surface area contributed by atoms with Crippen LogP contribution >= 0.6 is 0 Å². The number of rotatable bonds is 2. The highest BCUT2D eigenvalue weighted by Crippen LogP contribution is 1.78. The van der Waals surface area contributed by atoms with Crippen molar-refractivity contribution in [3.05, 3.63) is 0 Å². The molecule has 0 atom stereocenters. The SMILES string of the molecule is BO.CCCCO. The molecule has 7 heavy (non-hydrogen) atoms. The van der Waals surface area contributed by atoms with Crippen molar-refractivity contribution < 1.29 is 10.1 Å². The smallest absolute Gasteiger partial charge is 0.252 e. The van der Waals surface area contributed by atoms with Crippen molar-refractivity contribution in [2.75, 3.05) is 6.61 Å². The molecule has 0 saturated carbocycles. The molecule has 0 saturated heterocycles. The van der Waals surface area contributed by atoms with E-state index in [1.807, 2.05) is 0 Å². The summed E-state index contributed by atoms with van der Waals surface area (Å²) >= 11 is 0. The van der Waals surface area contributed by atoms with Gasteiger partial charge in [-0.05, 0) is 6.42 Å². The molecule has 0 radical (unpaired) electrons. The normalized spacial score (nSPS) is 6.71. The van der Waals surface area contributed by atoms with E-state index in [0.717, 1.165) is 20.9 Å². The summed E-state index contributed by atoms with van der Waals surface area (Å²) in [6.07, 6.45) is 2.04. The number of aliphatic hydroxyl groups excluding tert-OH is 1. The summed E-state index contributed by atoms with van der Waals surface area (Å²) in [4.78, 5) is 0. The highest BCUT2D eigenvalue weighted by molar-refractivity contribution is 5.95. The molecule has 0 heterocycles. The van der Waals surface area contributed by atoms with Crippen LogP contribution in [0.25, 0.3) is 0 Å². The molecule has 0 unspecified atom stereocenters. The van der Waals surface area contributed by atoms with E-state index in [9.17, 15) is 0 Å². The molecular weight excluding hydrogens is 90.9 g/mol. The third-order valence-electron chi connectivity index (χ3n) is 0.512. The Kier molecular flexibility index (Phi) is 24.0. The third-order valence-corrected chi connectivity index (χ3v) is 0.512. The first-order valence-corrected chi connectivity index (χ1v) is 2.47. The van der Waals surface area contributed by atoms with E-state index in [-0.39, 0.29) is 0 Å². The zero-order chi connectivity index (χ0) is 6.12. The van der Waals surface area contributed by atoms with Gasteiger partial charge in [-0.1, -0.05) is 13.3 Å². The highest BCUT2D eigenvalue weighted by atomic mass is 16.2. The first kappa shape index (κ1) is 10.1. The summed E-state index contributed by atoms with van der Waals surface area (Å²) in [5.41, 5.74) is 0. The van der Waals surface area contributed by atoms with E-state index in [2.05, 4.69) is 6.92 Å². The van der Waals surface area contributed by atoms with Gasteiger partial charge < -0.3 is 10.1 Å². The van der Waals surface area contributed by atoms with Crippen LogP contribution in [0.15, 0.2) is 0 Å². The average molecular weight is 104 g/mol. The minimum Gasteiger partial charge on any atom is -0.458 e. The Labute approximate surface area is 45.6 Å². The van der Waals surface area contributed by atoms with Crippen LogP contribution in [-0.4, -0.2) is 24.8 Å². The Morgan fingerprint density at radius 1 is 1.43 bits per heavy atom. The van der Waals surface area contributed by atoms with Gasteiger partial charge in [-0.2, -0.15) is 0 Å². The van der Waals surface area contributed by atoms with E-state index in [1.165, 1.54) is 0 Å². The van der Waals surface area contributed by atoms with Gasteiger partial charge in [0.25, 0.3) is 8.05 Å². The molecule has 0 aromatic heterocycles. The topological polar surface area (TPSA) is 40.5 Å². The molecule has 0 spiro atoms. The summed E-state index contributed by atoms with van der Waals surface area (Å²) in [6, 6.07) is 0. The number of unbranched alkanes of at least 4 members (excludes halogenated alkanes) is 1. The molecule has 0 amide bonds. The molecule has 0 aromatic carbocycles. The Morgan fingerprint density at radius 3 is 1.86 bits per heavy atom. The Bertz CT molecular complexity index is 17.2. The molecule has 0 aliphatic heterocycles. The molecule has 0 fully saturated rings. The molecule has 0 aliphatic carbocycles. The van der Waals surface area contributed by atoms with Gasteiger partial charge in [0.15, 0.2) is 0 Å². The second-order valence-corrected chi connectivity index (χ2v) is 1.08. The molecule has 0 bridgehead atoms. The fourth-order valence-electron chi connectivity index (χ4n) is 0.158. The Balaban J connectivity index is 0. The van der Waals surface area contributed by atoms with Gasteiger partial charge in [-0.15, -0.1) is 0 Å². The van der Waals surface area contributed by atoms with Crippen molar-refractivity contribution in [2.24, 2.45) is 0 Å². The van der Waals surface area contributed by atoms with Crippen molar-refractivity contribution in [1.29, 1.82) is 0 Å². The van der Waals surface area contributed by atoms with Crippen LogP contribution in [0.1, 0.15) is 19.8 Å². The van der Waals surface area contributed by atoms with Crippen LogP contribution in [0.2, 0.25) is 0 Å². The maximum Gasteiger partial charge on any atom is 0.252 e. The zero-order valence-corrected chi connectivity index (χ0v) is 5.02. The van der Waals surface area contributed by atoms with E-state index >= 15 is 0 Å². The molecule has 3 heteroatoms. The molecule has 2 N–H and O–H groups in total. The summed E-state index contributed by atoms with van der Waals surface area (Å²) in [6.45, 7) is 2.40. The Hall–Kier alpha value is -0.0151. The van der Waals surface area contributed by atoms with E-state index < -0.39 is 0 Å². The van der Waals surface area contributed by atoms with Gasteiger partial charge in [0.05, 0.1) is 0 Å². The summed E-state index contributed by atoms with van der Waals surface area (Å²) in [5, 5.41) is 15.1. The lowest BCUT2D eigenvalue weighted by Crippen LogP contribution is -1.75. The van der Waals surface area contributed by atoms with Gasteiger partial charge >= 0.3 is 0 Å². The van der Waals surface area contributed by atoms with Crippen LogP contribution in [0.5, 0.6) is 0 Å². The molecule has 2 nitrogen and oxygen atoms in total. The first-order valence-electron chi connectivity index (χ1n) is 2.47. The predicted molar refractivity (Wildman–Crippen MR) is 32.8 cm³/mol. The van der Waals surface area contributed by atoms with Gasteiger partial charge in [-0.25, -0.2) is 0 Å². The first-order chi connectivity index (χ1) is 3.41. The fraction of sp³-hybridized carbons (Fsp3) is 1.00. The summed E-state index contributed by atoms with van der Waals surface area (Å²) < 4.78 is 0. The van der Waals surface area contributed by atoms with Crippen LogP contribution in [0.4, 0.5) is 0 Å². The lowest BCUT2D eigenvalue weighted by atomic mass is 10.4. The van der Waals surface area contributed by atoms with E-state index in [0.29, 0.717) is 6.61 Å². The average Bonchev–Trinajstić information content (AvgIpc) is 1.75. The van der Waals surface area contributed by atoms with E-state index in [4.69, 9.17) is 10.1 Å². The Morgan fingerprint density at radius 2 is 1.86 bits per heavy atom. The molecule has 44 valence electrons. The monoisotopic (exact) mass is 104 g/mol. The molecule has 0 rings (SSSR count). The quantitative estimate of drug-likeness (QED) is 0.455. The van der Waals surface area contributed by atoms with Crippen LogP contribution in [-0.2, 0) is 0 Å². The van der Waals surface area contributed by atoms with Crippen molar-refractivity contribution in [3.63, 3.8) is 0 Å². The molecule has 0 aliphatic rings. The maximum absolute atomic E-state index is 8.07. The number of aliphatic hydroxyl groups is 1. The van der Waals surface area contributed by atoms with Gasteiger partial charge in [0.2, 0.25) is 0 Å². The van der Waals surface area contributed by atoms with Crippen molar-refractivity contribution in [1.82, 2.24) is 0 Å². The van der Waals surface area contributed by atoms with Gasteiger partial charge in [0.1, 0.15) is 0 Å².